The molecule has 0 saturated carbocycles. The van der Waals surface area contributed by atoms with Gasteiger partial charge in [-0.1, -0.05) is 23.8 Å². The number of anilines is 1. The molecule has 1 aromatic rings. The van der Waals surface area contributed by atoms with Crippen LogP contribution in [0.15, 0.2) is 18.2 Å². The maximum Gasteiger partial charge on any atom is 0.104 e. The van der Waals surface area contributed by atoms with Crippen molar-refractivity contribution >= 4 is 34.5 Å². The van der Waals surface area contributed by atoms with E-state index in [9.17, 15) is 0 Å². The molecule has 0 aromatic heterocycles. The Labute approximate surface area is 106 Å². The van der Waals surface area contributed by atoms with E-state index in [0.717, 1.165) is 29.4 Å². The molecule has 0 unspecified atom stereocenters. The van der Waals surface area contributed by atoms with Crippen LogP contribution >= 0.6 is 23.8 Å². The third-order valence-electron chi connectivity index (χ3n) is 2.93. The number of thiocarbonyl (C=S) groups is 1. The lowest BCUT2D eigenvalue weighted by molar-refractivity contribution is 0.578. The molecule has 1 saturated heterocycles. The quantitative estimate of drug-likeness (QED) is 0.823. The van der Waals surface area contributed by atoms with Crippen LogP contribution in [0.5, 0.6) is 0 Å². The average molecular weight is 255 g/mol. The topological polar surface area (TPSA) is 29.3 Å². The first-order valence-electron chi connectivity index (χ1n) is 5.53. The zero-order valence-corrected chi connectivity index (χ0v) is 10.7. The maximum atomic E-state index is 6.25. The molecule has 1 fully saturated rings. The van der Waals surface area contributed by atoms with Gasteiger partial charge in [0.05, 0.1) is 10.7 Å². The number of hydrogen-bond acceptors (Lipinski definition) is 2. The lowest BCUT2D eigenvalue weighted by Crippen LogP contribution is -2.29. The highest BCUT2D eigenvalue weighted by Crippen LogP contribution is 2.29. The first-order valence-corrected chi connectivity index (χ1v) is 6.31. The standard InChI is InChI=1S/C12H15ClN2S/c13-10-8-9(12(14)16)4-5-11(10)15-6-2-1-3-7-15/h4-5,8H,1-3,6-7H2,(H2,14,16). The average Bonchev–Trinajstić information content (AvgIpc) is 2.30. The predicted octanol–water partition coefficient (Wildman–Crippen LogP) is 2.96. The van der Waals surface area contributed by atoms with Gasteiger partial charge in [-0.15, -0.1) is 0 Å². The van der Waals surface area contributed by atoms with Gasteiger partial charge in [0.25, 0.3) is 0 Å². The number of piperidine rings is 1. The fourth-order valence-electron chi connectivity index (χ4n) is 2.05. The molecule has 0 bridgehead atoms. The lowest BCUT2D eigenvalue weighted by atomic mass is 10.1. The molecule has 86 valence electrons. The van der Waals surface area contributed by atoms with Gasteiger partial charge in [0.15, 0.2) is 0 Å². The predicted molar refractivity (Wildman–Crippen MR) is 73.4 cm³/mol. The van der Waals surface area contributed by atoms with E-state index in [1.54, 1.807) is 0 Å². The SMILES string of the molecule is NC(=S)c1ccc(N2CCCCC2)c(Cl)c1. The summed E-state index contributed by atoms with van der Waals surface area (Å²) in [5.41, 5.74) is 7.50. The number of halogens is 1. The molecule has 0 aliphatic carbocycles. The van der Waals surface area contributed by atoms with Gasteiger partial charge in [0.1, 0.15) is 4.99 Å². The van der Waals surface area contributed by atoms with Crippen molar-refractivity contribution in [2.45, 2.75) is 19.3 Å². The van der Waals surface area contributed by atoms with Crippen molar-refractivity contribution < 1.29 is 0 Å². The Bertz CT molecular complexity index is 400. The first-order chi connectivity index (χ1) is 7.68. The highest BCUT2D eigenvalue weighted by molar-refractivity contribution is 7.80. The molecule has 0 amide bonds. The summed E-state index contributed by atoms with van der Waals surface area (Å²) in [5.74, 6) is 0. The van der Waals surface area contributed by atoms with Gasteiger partial charge in [-0.25, -0.2) is 0 Å². The molecule has 2 N–H and O–H groups in total. The van der Waals surface area contributed by atoms with Crippen LogP contribution in [0.2, 0.25) is 5.02 Å². The second kappa shape index (κ2) is 5.02. The van der Waals surface area contributed by atoms with Gasteiger partial charge in [-0.3, -0.25) is 0 Å². The highest BCUT2D eigenvalue weighted by Gasteiger charge is 2.14. The Morgan fingerprint density at radius 2 is 1.94 bits per heavy atom. The molecule has 0 atom stereocenters. The van der Waals surface area contributed by atoms with E-state index >= 15 is 0 Å². The first kappa shape index (κ1) is 11.7. The lowest BCUT2D eigenvalue weighted by Gasteiger charge is -2.29. The number of nitrogens with two attached hydrogens (primary N) is 1. The smallest absolute Gasteiger partial charge is 0.104 e. The van der Waals surface area contributed by atoms with Crippen LogP contribution in [0.3, 0.4) is 0 Å². The Balaban J connectivity index is 2.24. The van der Waals surface area contributed by atoms with Gasteiger partial charge in [0.2, 0.25) is 0 Å². The van der Waals surface area contributed by atoms with Crippen LogP contribution in [0.4, 0.5) is 5.69 Å². The van der Waals surface area contributed by atoms with Crippen molar-refractivity contribution in [2.24, 2.45) is 5.73 Å². The monoisotopic (exact) mass is 254 g/mol. The Hall–Kier alpha value is -0.800. The molecule has 1 aliphatic heterocycles. The van der Waals surface area contributed by atoms with Gasteiger partial charge >= 0.3 is 0 Å². The summed E-state index contributed by atoms with van der Waals surface area (Å²) in [7, 11) is 0. The van der Waals surface area contributed by atoms with Gasteiger partial charge in [0, 0.05) is 18.7 Å². The summed E-state index contributed by atoms with van der Waals surface area (Å²) in [4.78, 5) is 2.72. The summed E-state index contributed by atoms with van der Waals surface area (Å²) < 4.78 is 0. The molecule has 16 heavy (non-hydrogen) atoms. The minimum absolute atomic E-state index is 0.395. The minimum Gasteiger partial charge on any atom is -0.389 e. The van der Waals surface area contributed by atoms with E-state index in [1.807, 2.05) is 18.2 Å². The molecule has 0 spiro atoms. The largest absolute Gasteiger partial charge is 0.389 e. The molecule has 2 nitrogen and oxygen atoms in total. The molecule has 1 aromatic carbocycles. The van der Waals surface area contributed by atoms with Gasteiger partial charge in [-0.05, 0) is 37.5 Å². The Morgan fingerprint density at radius 1 is 1.25 bits per heavy atom. The number of hydrogen-bond donors (Lipinski definition) is 1. The van der Waals surface area contributed by atoms with Crippen LogP contribution in [-0.4, -0.2) is 18.1 Å². The van der Waals surface area contributed by atoms with Crippen molar-refractivity contribution in [3.63, 3.8) is 0 Å². The van der Waals surface area contributed by atoms with E-state index in [0.29, 0.717) is 4.99 Å². The summed E-state index contributed by atoms with van der Waals surface area (Å²) in [6, 6.07) is 5.81. The summed E-state index contributed by atoms with van der Waals surface area (Å²) >= 11 is 11.2. The summed E-state index contributed by atoms with van der Waals surface area (Å²) in [6.45, 7) is 2.18. The van der Waals surface area contributed by atoms with Crippen LogP contribution in [-0.2, 0) is 0 Å². The van der Waals surface area contributed by atoms with Crippen molar-refractivity contribution in [1.82, 2.24) is 0 Å². The highest BCUT2D eigenvalue weighted by atomic mass is 35.5. The van der Waals surface area contributed by atoms with Crippen molar-refractivity contribution in [1.29, 1.82) is 0 Å². The maximum absolute atomic E-state index is 6.25. The minimum atomic E-state index is 0.395. The second-order valence-corrected chi connectivity index (χ2v) is 4.93. The van der Waals surface area contributed by atoms with Crippen LogP contribution < -0.4 is 10.6 Å². The third kappa shape index (κ3) is 2.47. The molecular weight excluding hydrogens is 240 g/mol. The molecule has 0 radical (unpaired) electrons. The van der Waals surface area contributed by atoms with Crippen molar-refractivity contribution in [3.05, 3.63) is 28.8 Å². The van der Waals surface area contributed by atoms with E-state index in [-0.39, 0.29) is 0 Å². The van der Waals surface area contributed by atoms with Gasteiger partial charge < -0.3 is 10.6 Å². The van der Waals surface area contributed by atoms with Crippen molar-refractivity contribution in [2.75, 3.05) is 18.0 Å². The second-order valence-electron chi connectivity index (χ2n) is 4.08. The molecular formula is C12H15ClN2S. The third-order valence-corrected chi connectivity index (χ3v) is 3.47. The van der Waals surface area contributed by atoms with Crippen molar-refractivity contribution in [3.8, 4) is 0 Å². The summed E-state index contributed by atoms with van der Waals surface area (Å²) in [5, 5.41) is 0.743. The number of rotatable bonds is 2. The zero-order chi connectivity index (χ0) is 11.5. The fourth-order valence-corrected chi connectivity index (χ4v) is 2.48. The molecule has 1 aliphatic rings. The van der Waals surface area contributed by atoms with E-state index < -0.39 is 0 Å². The van der Waals surface area contributed by atoms with Crippen LogP contribution in [0.25, 0.3) is 0 Å². The van der Waals surface area contributed by atoms with E-state index in [2.05, 4.69) is 4.90 Å². The van der Waals surface area contributed by atoms with Crippen LogP contribution in [0, 0.1) is 0 Å². The Morgan fingerprint density at radius 3 is 2.50 bits per heavy atom. The normalized spacial score (nSPS) is 16.2. The molecule has 2 rings (SSSR count). The Kier molecular flexibility index (Phi) is 3.66. The fraction of sp³-hybridized carbons (Fsp3) is 0.417. The summed E-state index contributed by atoms with van der Waals surface area (Å²) in [6.07, 6.45) is 3.81. The number of nitrogens with zero attached hydrogens (tertiary/aromatic N) is 1. The molecule has 4 heteroatoms. The van der Waals surface area contributed by atoms with Gasteiger partial charge in [-0.2, -0.15) is 0 Å². The van der Waals surface area contributed by atoms with E-state index in [1.165, 1.54) is 19.3 Å². The van der Waals surface area contributed by atoms with Crippen LogP contribution in [0.1, 0.15) is 24.8 Å². The molecule has 1 heterocycles. The number of benzene rings is 1. The zero-order valence-electron chi connectivity index (χ0n) is 9.08. The van der Waals surface area contributed by atoms with E-state index in [4.69, 9.17) is 29.6 Å².